The predicted octanol–water partition coefficient (Wildman–Crippen LogP) is 15.5. The zero-order chi connectivity index (χ0) is 41.0. The number of rotatable bonds is 7. The van der Waals surface area contributed by atoms with Crippen LogP contribution in [0.4, 0.5) is 0 Å². The molecule has 0 amide bonds. The summed E-state index contributed by atoms with van der Waals surface area (Å²) in [5.74, 6) is 2.76. The maximum atomic E-state index is 5.07. The minimum atomic E-state index is 0.169. The van der Waals surface area contributed by atoms with Crippen LogP contribution in [0.3, 0.4) is 0 Å². The van der Waals surface area contributed by atoms with Gasteiger partial charge in [-0.25, -0.2) is 15.0 Å². The summed E-state index contributed by atoms with van der Waals surface area (Å²) in [5, 5.41) is 4.69. The summed E-state index contributed by atoms with van der Waals surface area (Å²) in [6.45, 7) is 2.53. The Kier molecular flexibility index (Phi) is 9.50. The summed E-state index contributed by atoms with van der Waals surface area (Å²) in [6, 6.07) is 66.0. The molecule has 3 atom stereocenters. The van der Waals surface area contributed by atoms with Crippen LogP contribution in [-0.4, -0.2) is 15.0 Å². The van der Waals surface area contributed by atoms with E-state index in [0.717, 1.165) is 43.4 Å². The van der Waals surface area contributed by atoms with Gasteiger partial charge >= 0.3 is 0 Å². The predicted molar refractivity (Wildman–Crippen MR) is 256 cm³/mol. The van der Waals surface area contributed by atoms with Gasteiger partial charge in [-0.15, -0.1) is 0 Å². The zero-order valence-electron chi connectivity index (χ0n) is 34.4. The summed E-state index contributed by atoms with van der Waals surface area (Å²) in [5.41, 5.74) is 11.1. The Hall–Kier alpha value is -6.23. The minimum absolute atomic E-state index is 0.169. The molecule has 1 aromatic heterocycles. The van der Waals surface area contributed by atoms with Crippen molar-refractivity contribution in [2.24, 2.45) is 5.92 Å². The van der Waals surface area contributed by atoms with Gasteiger partial charge in [-0.1, -0.05) is 193 Å². The highest BCUT2D eigenvalue weighted by Crippen LogP contribution is 2.57. The first-order chi connectivity index (χ1) is 29.9. The third kappa shape index (κ3) is 7.27. The molecule has 2 fully saturated rings. The lowest BCUT2D eigenvalue weighted by atomic mass is 9.51. The summed E-state index contributed by atoms with van der Waals surface area (Å²) in [7, 11) is 0. The van der Waals surface area contributed by atoms with Crippen molar-refractivity contribution >= 4 is 37.5 Å². The highest BCUT2D eigenvalue weighted by atomic mass is 79.9. The van der Waals surface area contributed by atoms with E-state index in [2.05, 4.69) is 205 Å². The lowest BCUT2D eigenvalue weighted by Crippen LogP contribution is -2.46. The summed E-state index contributed by atoms with van der Waals surface area (Å²) in [6.07, 6.45) is 7.83. The molecule has 296 valence electrons. The number of hydrogen-bond acceptors (Lipinski definition) is 3. The highest BCUT2D eigenvalue weighted by Gasteiger charge is 2.49. The topological polar surface area (TPSA) is 38.7 Å². The van der Waals surface area contributed by atoms with Crippen LogP contribution in [0.25, 0.3) is 78.0 Å². The second-order valence-corrected chi connectivity index (χ2v) is 18.8. The molecule has 0 N–H and O–H groups in total. The quantitative estimate of drug-likeness (QED) is 0.160. The van der Waals surface area contributed by atoms with E-state index in [9.17, 15) is 0 Å². The van der Waals surface area contributed by atoms with Crippen LogP contribution in [0.15, 0.2) is 186 Å². The van der Waals surface area contributed by atoms with Crippen molar-refractivity contribution in [3.63, 3.8) is 0 Å². The zero-order valence-corrected chi connectivity index (χ0v) is 35.9. The number of fused-ring (bicyclic) bond motifs is 4. The van der Waals surface area contributed by atoms with Crippen LogP contribution in [0, 0.1) is 5.92 Å². The minimum Gasteiger partial charge on any atom is -0.208 e. The van der Waals surface area contributed by atoms with Crippen LogP contribution in [0.5, 0.6) is 0 Å². The van der Waals surface area contributed by atoms with Gasteiger partial charge in [0.15, 0.2) is 17.5 Å². The van der Waals surface area contributed by atoms with Gasteiger partial charge in [0.25, 0.3) is 0 Å². The average Bonchev–Trinajstić information content (AvgIpc) is 3.31. The molecule has 9 aromatic rings. The molecule has 61 heavy (non-hydrogen) atoms. The van der Waals surface area contributed by atoms with E-state index in [-0.39, 0.29) is 10.8 Å². The number of aromatic nitrogens is 3. The third-order valence-corrected chi connectivity index (χ3v) is 14.3. The molecule has 3 nitrogen and oxygen atoms in total. The van der Waals surface area contributed by atoms with Crippen molar-refractivity contribution in [1.82, 2.24) is 15.0 Å². The normalized spacial score (nSPS) is 19.9. The number of hydrogen-bond donors (Lipinski definition) is 0. The van der Waals surface area contributed by atoms with Crippen LogP contribution in [0.2, 0.25) is 0 Å². The lowest BCUT2D eigenvalue weighted by molar-refractivity contribution is 0.0874. The number of halogens is 1. The van der Waals surface area contributed by atoms with Gasteiger partial charge in [-0.3, -0.25) is 0 Å². The first-order valence-corrected chi connectivity index (χ1v) is 22.5. The van der Waals surface area contributed by atoms with Crippen molar-refractivity contribution in [3.05, 3.63) is 198 Å². The standard InChI is InChI=1S/C57H46BrN3/c1-56(35-38-7-6-32-57(36-38,37-56)51-28-30-52(58)31-29-51)50-26-24-44(25-27-50)42-14-12-41(13-15-42)43-16-20-45(21-17-43)53-59-54(48-22-18-39-8-2-4-10-46(39)33-48)61-55(60-53)49-23-19-40-9-3-5-11-47(40)34-49/h2-5,8-31,33-34,38H,6-7,32,35-37H2,1H3. The van der Waals surface area contributed by atoms with Crippen LogP contribution < -0.4 is 0 Å². The van der Waals surface area contributed by atoms with Gasteiger partial charge in [0, 0.05) is 21.2 Å². The molecule has 3 unspecified atom stereocenters. The Labute approximate surface area is 366 Å². The van der Waals surface area contributed by atoms with Crippen LogP contribution in [-0.2, 0) is 10.8 Å². The summed E-state index contributed by atoms with van der Waals surface area (Å²) in [4.78, 5) is 15.2. The molecule has 0 spiro atoms. The molecule has 1 heterocycles. The largest absolute Gasteiger partial charge is 0.208 e. The lowest BCUT2D eigenvalue weighted by Gasteiger charge is -2.53. The summed E-state index contributed by atoms with van der Waals surface area (Å²) >= 11 is 3.67. The Bertz CT molecular complexity index is 2950. The highest BCUT2D eigenvalue weighted by molar-refractivity contribution is 9.10. The van der Waals surface area contributed by atoms with E-state index in [1.807, 2.05) is 0 Å². The van der Waals surface area contributed by atoms with E-state index in [1.54, 1.807) is 0 Å². The second-order valence-electron chi connectivity index (χ2n) is 17.9. The van der Waals surface area contributed by atoms with E-state index < -0.39 is 0 Å². The molecule has 11 rings (SSSR count). The molecular weight excluding hydrogens is 807 g/mol. The van der Waals surface area contributed by atoms with Crippen LogP contribution in [0.1, 0.15) is 56.6 Å². The second kappa shape index (κ2) is 15.3. The Morgan fingerprint density at radius 3 is 1.39 bits per heavy atom. The van der Waals surface area contributed by atoms with Crippen molar-refractivity contribution in [2.75, 3.05) is 0 Å². The average molecular weight is 853 g/mol. The van der Waals surface area contributed by atoms with Crippen molar-refractivity contribution in [3.8, 4) is 56.4 Å². The molecule has 2 bridgehead atoms. The fraction of sp³-hybridized carbons (Fsp3) is 0.175. The molecule has 0 aliphatic heterocycles. The fourth-order valence-corrected chi connectivity index (χ4v) is 11.1. The SMILES string of the molecule is CC1(c2ccc(-c3ccc(-c4ccc(-c5nc(-c6ccc7ccccc7c6)nc(-c6ccc7ccccc7c6)n5)cc4)cc3)cc2)CC2CCCC(c3ccc(Br)cc3)(C2)C1. The van der Waals surface area contributed by atoms with Gasteiger partial charge in [0.05, 0.1) is 0 Å². The monoisotopic (exact) mass is 851 g/mol. The molecular formula is C57H46BrN3. The Morgan fingerprint density at radius 2 is 0.869 bits per heavy atom. The van der Waals surface area contributed by atoms with E-state index in [4.69, 9.17) is 15.0 Å². The first-order valence-electron chi connectivity index (χ1n) is 21.7. The molecule has 2 aliphatic carbocycles. The molecule has 0 radical (unpaired) electrons. The molecule has 0 saturated heterocycles. The van der Waals surface area contributed by atoms with Gasteiger partial charge in [-0.2, -0.15) is 0 Å². The third-order valence-electron chi connectivity index (χ3n) is 13.8. The van der Waals surface area contributed by atoms with Gasteiger partial charge in [-0.05, 0) is 122 Å². The van der Waals surface area contributed by atoms with Gasteiger partial charge < -0.3 is 0 Å². The van der Waals surface area contributed by atoms with E-state index in [0.29, 0.717) is 17.5 Å². The number of nitrogens with zero attached hydrogens (tertiary/aromatic N) is 3. The van der Waals surface area contributed by atoms with Crippen molar-refractivity contribution < 1.29 is 0 Å². The van der Waals surface area contributed by atoms with Crippen LogP contribution >= 0.6 is 15.9 Å². The summed E-state index contributed by atoms with van der Waals surface area (Å²) < 4.78 is 1.16. The van der Waals surface area contributed by atoms with Crippen molar-refractivity contribution in [2.45, 2.75) is 56.3 Å². The fourth-order valence-electron chi connectivity index (χ4n) is 10.8. The molecule has 2 saturated carbocycles. The Morgan fingerprint density at radius 1 is 0.443 bits per heavy atom. The molecule has 8 aromatic carbocycles. The van der Waals surface area contributed by atoms with E-state index >= 15 is 0 Å². The van der Waals surface area contributed by atoms with Crippen molar-refractivity contribution in [1.29, 1.82) is 0 Å². The smallest absolute Gasteiger partial charge is 0.164 e. The molecule has 2 aliphatic rings. The maximum absolute atomic E-state index is 5.07. The first kappa shape index (κ1) is 37.7. The Balaban J connectivity index is 0.856. The molecule has 4 heteroatoms. The van der Waals surface area contributed by atoms with Gasteiger partial charge in [0.1, 0.15) is 0 Å². The number of benzene rings is 8. The maximum Gasteiger partial charge on any atom is 0.164 e. The van der Waals surface area contributed by atoms with E-state index in [1.165, 1.54) is 77.1 Å². The van der Waals surface area contributed by atoms with Gasteiger partial charge in [0.2, 0.25) is 0 Å².